The summed E-state index contributed by atoms with van der Waals surface area (Å²) in [6.07, 6.45) is 7.71. The lowest BCUT2D eigenvalue weighted by molar-refractivity contribution is 0.105. The van der Waals surface area contributed by atoms with Crippen LogP contribution in [0.2, 0.25) is 0 Å². The summed E-state index contributed by atoms with van der Waals surface area (Å²) in [6, 6.07) is 0. The topological polar surface area (TPSA) is 12.5 Å². The summed E-state index contributed by atoms with van der Waals surface area (Å²) < 4.78 is 5.81. The molecule has 62 valence electrons. The van der Waals surface area contributed by atoms with Crippen molar-refractivity contribution < 1.29 is 4.74 Å². The van der Waals surface area contributed by atoms with E-state index in [1.807, 2.05) is 0 Å². The van der Waals surface area contributed by atoms with Crippen molar-refractivity contribution in [2.24, 2.45) is 11.8 Å². The van der Waals surface area contributed by atoms with Gasteiger partial charge < -0.3 is 4.74 Å². The van der Waals surface area contributed by atoms with E-state index < -0.39 is 0 Å². The van der Waals surface area contributed by atoms with E-state index in [1.54, 1.807) is 0 Å². The summed E-state index contributed by atoms with van der Waals surface area (Å²) >= 11 is 0. The van der Waals surface area contributed by atoms with Crippen LogP contribution >= 0.6 is 0 Å². The summed E-state index contributed by atoms with van der Waals surface area (Å²) in [5, 5.41) is 0. The molecule has 0 amide bonds. The molecule has 3 aliphatic rings. The Labute approximate surface area is 68.1 Å². The zero-order valence-electron chi connectivity index (χ0n) is 7.18. The SMILES string of the molecule is CC1CC2OC23CCCCC13. The van der Waals surface area contributed by atoms with Gasteiger partial charge in [-0.25, -0.2) is 0 Å². The molecule has 3 fully saturated rings. The van der Waals surface area contributed by atoms with Gasteiger partial charge in [0.2, 0.25) is 0 Å². The van der Waals surface area contributed by atoms with Gasteiger partial charge in [0.05, 0.1) is 11.7 Å². The summed E-state index contributed by atoms with van der Waals surface area (Å²) in [4.78, 5) is 0. The molecule has 3 rings (SSSR count). The number of hydrogen-bond acceptors (Lipinski definition) is 1. The minimum Gasteiger partial charge on any atom is -0.366 e. The average molecular weight is 152 g/mol. The number of hydrogen-bond donors (Lipinski definition) is 0. The molecule has 1 heterocycles. The quantitative estimate of drug-likeness (QED) is 0.485. The van der Waals surface area contributed by atoms with Gasteiger partial charge in [0.25, 0.3) is 0 Å². The summed E-state index contributed by atoms with van der Waals surface area (Å²) in [5.74, 6) is 1.88. The molecule has 11 heavy (non-hydrogen) atoms. The van der Waals surface area contributed by atoms with Gasteiger partial charge in [-0.15, -0.1) is 0 Å². The number of ether oxygens (including phenoxy) is 1. The average Bonchev–Trinajstić information content (AvgIpc) is 2.57. The maximum absolute atomic E-state index is 5.81. The molecule has 0 bridgehead atoms. The van der Waals surface area contributed by atoms with Crippen LogP contribution in [0, 0.1) is 11.8 Å². The molecular formula is C10H16O. The molecule has 1 aliphatic heterocycles. The number of epoxide rings is 1. The van der Waals surface area contributed by atoms with E-state index in [9.17, 15) is 0 Å². The van der Waals surface area contributed by atoms with Gasteiger partial charge in [-0.3, -0.25) is 0 Å². The Morgan fingerprint density at radius 3 is 3.09 bits per heavy atom. The Balaban J connectivity index is 1.90. The second-order valence-electron chi connectivity index (χ2n) is 4.63. The predicted molar refractivity (Wildman–Crippen MR) is 43.3 cm³/mol. The highest BCUT2D eigenvalue weighted by molar-refractivity contribution is 5.15. The van der Waals surface area contributed by atoms with Crippen molar-refractivity contribution >= 4 is 0 Å². The lowest BCUT2D eigenvalue weighted by atomic mass is 9.77. The van der Waals surface area contributed by atoms with E-state index >= 15 is 0 Å². The molecule has 4 unspecified atom stereocenters. The van der Waals surface area contributed by atoms with Crippen molar-refractivity contribution in [3.05, 3.63) is 0 Å². The molecule has 1 spiro atoms. The summed E-state index contributed by atoms with van der Waals surface area (Å²) in [5.41, 5.74) is 0.428. The maximum atomic E-state index is 5.81. The van der Waals surface area contributed by atoms with Crippen LogP contribution in [0.4, 0.5) is 0 Å². The predicted octanol–water partition coefficient (Wildman–Crippen LogP) is 2.35. The highest BCUT2D eigenvalue weighted by Crippen LogP contribution is 2.62. The minimum atomic E-state index is 0.428. The van der Waals surface area contributed by atoms with Gasteiger partial charge in [-0.1, -0.05) is 19.8 Å². The van der Waals surface area contributed by atoms with Gasteiger partial charge >= 0.3 is 0 Å². The minimum absolute atomic E-state index is 0.428. The van der Waals surface area contributed by atoms with E-state index in [2.05, 4.69) is 6.92 Å². The van der Waals surface area contributed by atoms with E-state index in [1.165, 1.54) is 32.1 Å². The molecular weight excluding hydrogens is 136 g/mol. The van der Waals surface area contributed by atoms with Crippen molar-refractivity contribution in [3.8, 4) is 0 Å². The zero-order chi connectivity index (χ0) is 7.47. The fraction of sp³-hybridized carbons (Fsp3) is 1.00. The van der Waals surface area contributed by atoms with Crippen LogP contribution in [0.1, 0.15) is 39.0 Å². The molecule has 0 N–H and O–H groups in total. The Hall–Kier alpha value is -0.0400. The highest BCUT2D eigenvalue weighted by atomic mass is 16.6. The zero-order valence-corrected chi connectivity index (χ0v) is 7.18. The second kappa shape index (κ2) is 1.82. The van der Waals surface area contributed by atoms with E-state index in [0.29, 0.717) is 11.7 Å². The molecule has 0 radical (unpaired) electrons. The highest BCUT2D eigenvalue weighted by Gasteiger charge is 2.67. The lowest BCUT2D eigenvalue weighted by Crippen LogP contribution is -2.28. The molecule has 1 nitrogen and oxygen atoms in total. The van der Waals surface area contributed by atoms with Crippen LogP contribution in [-0.2, 0) is 4.74 Å². The second-order valence-corrected chi connectivity index (χ2v) is 4.63. The number of rotatable bonds is 0. The molecule has 0 aromatic carbocycles. The first-order valence-corrected chi connectivity index (χ1v) is 5.01. The Bertz CT molecular complexity index is 189. The van der Waals surface area contributed by atoms with Gasteiger partial charge in [0, 0.05) is 0 Å². The maximum Gasteiger partial charge on any atom is 0.0978 e. The summed E-state index contributed by atoms with van der Waals surface area (Å²) in [7, 11) is 0. The van der Waals surface area contributed by atoms with E-state index in [-0.39, 0.29) is 0 Å². The molecule has 2 aliphatic carbocycles. The largest absolute Gasteiger partial charge is 0.366 e. The van der Waals surface area contributed by atoms with E-state index in [4.69, 9.17) is 4.74 Å². The fourth-order valence-electron chi connectivity index (χ4n) is 3.49. The van der Waals surface area contributed by atoms with Crippen molar-refractivity contribution in [2.45, 2.75) is 50.7 Å². The normalized spacial score (nSPS) is 60.3. The molecule has 0 aromatic heterocycles. The van der Waals surface area contributed by atoms with Gasteiger partial charge in [-0.05, 0) is 31.1 Å². The molecule has 2 saturated carbocycles. The van der Waals surface area contributed by atoms with Gasteiger partial charge in [0.1, 0.15) is 0 Å². The van der Waals surface area contributed by atoms with Crippen molar-refractivity contribution in [3.63, 3.8) is 0 Å². The first-order chi connectivity index (χ1) is 5.33. The monoisotopic (exact) mass is 152 g/mol. The Kier molecular flexibility index (Phi) is 1.07. The standard InChI is InChI=1S/C10H16O/c1-7-6-9-10(11-9)5-3-2-4-8(7)10/h7-9H,2-6H2,1H3. The summed E-state index contributed by atoms with van der Waals surface area (Å²) in [6.45, 7) is 2.41. The van der Waals surface area contributed by atoms with Crippen molar-refractivity contribution in [1.29, 1.82) is 0 Å². The third-order valence-corrected chi connectivity index (χ3v) is 4.08. The van der Waals surface area contributed by atoms with Crippen molar-refractivity contribution in [2.75, 3.05) is 0 Å². The van der Waals surface area contributed by atoms with Crippen LogP contribution < -0.4 is 0 Å². The lowest BCUT2D eigenvalue weighted by Gasteiger charge is -2.29. The third kappa shape index (κ3) is 0.658. The molecule has 0 aromatic rings. The van der Waals surface area contributed by atoms with Crippen molar-refractivity contribution in [1.82, 2.24) is 0 Å². The third-order valence-electron chi connectivity index (χ3n) is 4.08. The fourth-order valence-corrected chi connectivity index (χ4v) is 3.49. The first-order valence-electron chi connectivity index (χ1n) is 5.01. The Morgan fingerprint density at radius 1 is 1.36 bits per heavy atom. The van der Waals surface area contributed by atoms with Crippen LogP contribution in [0.3, 0.4) is 0 Å². The van der Waals surface area contributed by atoms with Crippen LogP contribution in [0.5, 0.6) is 0 Å². The van der Waals surface area contributed by atoms with Crippen LogP contribution in [-0.4, -0.2) is 11.7 Å². The van der Waals surface area contributed by atoms with Crippen LogP contribution in [0.25, 0.3) is 0 Å². The van der Waals surface area contributed by atoms with Gasteiger partial charge in [-0.2, -0.15) is 0 Å². The molecule has 4 atom stereocenters. The molecule has 1 heteroatoms. The van der Waals surface area contributed by atoms with Crippen LogP contribution in [0.15, 0.2) is 0 Å². The molecule has 1 saturated heterocycles. The Morgan fingerprint density at radius 2 is 2.27 bits per heavy atom. The smallest absolute Gasteiger partial charge is 0.0978 e. The van der Waals surface area contributed by atoms with E-state index in [0.717, 1.165) is 11.8 Å². The van der Waals surface area contributed by atoms with Gasteiger partial charge in [0.15, 0.2) is 0 Å². The first kappa shape index (κ1) is 6.47.